The van der Waals surface area contributed by atoms with Gasteiger partial charge in [-0.05, 0) is 41.4 Å². The van der Waals surface area contributed by atoms with E-state index in [-0.39, 0.29) is 11.8 Å². The normalized spacial score (nSPS) is 21.0. The van der Waals surface area contributed by atoms with E-state index in [0.717, 1.165) is 34.7 Å². The number of para-hydroxylation sites is 1. The topological polar surface area (TPSA) is 39.6 Å². The van der Waals surface area contributed by atoms with E-state index in [1.807, 2.05) is 25.3 Å². The van der Waals surface area contributed by atoms with E-state index >= 15 is 0 Å². The van der Waals surface area contributed by atoms with Gasteiger partial charge in [-0.2, -0.15) is 17.0 Å². The molecule has 1 aromatic heterocycles. The predicted octanol–water partition coefficient (Wildman–Crippen LogP) is 5.77. The third-order valence-corrected chi connectivity index (χ3v) is 6.45. The lowest BCUT2D eigenvalue weighted by Crippen LogP contribution is -2.28. The van der Waals surface area contributed by atoms with E-state index in [4.69, 9.17) is 0 Å². The Hall–Kier alpha value is -2.32. The van der Waals surface area contributed by atoms with Crippen molar-refractivity contribution in [3.05, 3.63) is 70.9 Å². The minimum atomic E-state index is -0.700. The van der Waals surface area contributed by atoms with Crippen LogP contribution in [0.5, 0.6) is 0 Å². The second kappa shape index (κ2) is 6.69. The number of benzene rings is 2. The number of hydrogen-bond donors (Lipinski definition) is 1. The van der Waals surface area contributed by atoms with Crippen LogP contribution >= 0.6 is 11.8 Å². The van der Waals surface area contributed by atoms with Crippen molar-refractivity contribution in [2.75, 3.05) is 6.26 Å². The molecule has 0 saturated heterocycles. The Balaban J connectivity index is 1.94. The van der Waals surface area contributed by atoms with E-state index in [2.05, 4.69) is 23.4 Å². The highest BCUT2D eigenvalue weighted by atomic mass is 32.2. The van der Waals surface area contributed by atoms with Gasteiger partial charge in [0.15, 0.2) is 0 Å². The van der Waals surface area contributed by atoms with Crippen molar-refractivity contribution in [1.82, 2.24) is 4.98 Å². The predicted molar refractivity (Wildman–Crippen MR) is 106 cm³/mol. The number of fused-ring (bicyclic) bond motifs is 1. The first-order valence-corrected chi connectivity index (χ1v) is 10.3. The molecule has 3 unspecified atom stereocenters. The Morgan fingerprint density at radius 3 is 2.74 bits per heavy atom. The highest BCUT2D eigenvalue weighted by Crippen LogP contribution is 2.56. The van der Waals surface area contributed by atoms with Gasteiger partial charge in [0, 0.05) is 34.3 Å². The van der Waals surface area contributed by atoms with Gasteiger partial charge in [-0.1, -0.05) is 31.2 Å². The summed E-state index contributed by atoms with van der Waals surface area (Å²) in [6, 6.07) is 12.2. The summed E-state index contributed by atoms with van der Waals surface area (Å²) >= 11 is 1.74. The molecule has 27 heavy (non-hydrogen) atoms. The number of aromatic amines is 1. The molecule has 1 aliphatic carbocycles. The van der Waals surface area contributed by atoms with Gasteiger partial charge in [0.25, 0.3) is 0 Å². The molecule has 2 nitrogen and oxygen atoms in total. The second-order valence-electron chi connectivity index (χ2n) is 7.38. The Bertz CT molecular complexity index is 1050. The molecule has 3 aromatic rings. The molecule has 3 atom stereocenters. The summed E-state index contributed by atoms with van der Waals surface area (Å²) in [6.45, 7) is 1.98. The second-order valence-corrected chi connectivity index (χ2v) is 8.25. The van der Waals surface area contributed by atoms with Crippen LogP contribution in [0, 0.1) is 34.8 Å². The van der Waals surface area contributed by atoms with Crippen LogP contribution < -0.4 is 0 Å². The number of aromatic nitrogens is 1. The average Bonchev–Trinajstić information content (AvgIpc) is 3.32. The molecule has 0 radical (unpaired) electrons. The van der Waals surface area contributed by atoms with Gasteiger partial charge in [-0.3, -0.25) is 0 Å². The maximum absolute atomic E-state index is 14.8. The average molecular weight is 382 g/mol. The Kier molecular flexibility index (Phi) is 4.47. The van der Waals surface area contributed by atoms with Crippen LogP contribution in [0.4, 0.5) is 8.78 Å². The lowest BCUT2D eigenvalue weighted by molar-refractivity contribution is 0.449. The number of hydrogen-bond acceptors (Lipinski definition) is 2. The summed E-state index contributed by atoms with van der Waals surface area (Å²) in [5.74, 6) is -0.379. The quantitative estimate of drug-likeness (QED) is 0.608. The molecule has 138 valence electrons. The maximum Gasteiger partial charge on any atom is 0.130 e. The number of rotatable bonds is 5. The molecule has 2 aromatic carbocycles. The fraction of sp³-hybridized carbons (Fsp3) is 0.318. The fourth-order valence-electron chi connectivity index (χ4n) is 4.35. The van der Waals surface area contributed by atoms with Crippen LogP contribution in [0.25, 0.3) is 10.9 Å². The molecule has 0 aliphatic heterocycles. The number of nitriles is 1. The van der Waals surface area contributed by atoms with Gasteiger partial charge in [0.2, 0.25) is 0 Å². The maximum atomic E-state index is 14.8. The van der Waals surface area contributed by atoms with Gasteiger partial charge < -0.3 is 4.98 Å². The first kappa shape index (κ1) is 18.1. The van der Waals surface area contributed by atoms with E-state index < -0.39 is 17.0 Å². The molecule has 0 bridgehead atoms. The zero-order chi connectivity index (χ0) is 19.2. The standard InChI is InChI=1S/C22H20F2N2S/c1-22(18-8-14(18)10-25,17-7-6-15(23)9-20(17)24)19-11-26-21-13(12-27-2)4-3-5-16(19)21/h3-7,9,11,14,18,26H,8,12H2,1-2H3. The highest BCUT2D eigenvalue weighted by Gasteiger charge is 2.53. The van der Waals surface area contributed by atoms with Crippen molar-refractivity contribution in [2.24, 2.45) is 11.8 Å². The van der Waals surface area contributed by atoms with E-state index in [1.165, 1.54) is 17.7 Å². The van der Waals surface area contributed by atoms with Gasteiger partial charge >= 0.3 is 0 Å². The van der Waals surface area contributed by atoms with Crippen molar-refractivity contribution >= 4 is 22.7 Å². The number of nitrogens with one attached hydrogen (secondary N) is 1. The van der Waals surface area contributed by atoms with Gasteiger partial charge in [0.05, 0.1) is 12.0 Å². The summed E-state index contributed by atoms with van der Waals surface area (Å²) in [5, 5.41) is 10.4. The zero-order valence-corrected chi connectivity index (χ0v) is 16.0. The fourth-order valence-corrected chi connectivity index (χ4v) is 4.91. The van der Waals surface area contributed by atoms with Crippen molar-refractivity contribution in [3.63, 3.8) is 0 Å². The summed E-state index contributed by atoms with van der Waals surface area (Å²) in [4.78, 5) is 3.37. The molecule has 1 fully saturated rings. The number of H-pyrrole nitrogens is 1. The van der Waals surface area contributed by atoms with Crippen molar-refractivity contribution in [1.29, 1.82) is 5.26 Å². The Labute approximate surface area is 161 Å². The molecule has 1 saturated carbocycles. The third-order valence-electron chi connectivity index (χ3n) is 5.85. The summed E-state index contributed by atoms with van der Waals surface area (Å²) in [6.07, 6.45) is 4.72. The molecule has 1 N–H and O–H groups in total. The van der Waals surface area contributed by atoms with Crippen LogP contribution in [-0.4, -0.2) is 11.2 Å². The summed E-state index contributed by atoms with van der Waals surface area (Å²) in [7, 11) is 0. The van der Waals surface area contributed by atoms with Gasteiger partial charge in [0.1, 0.15) is 11.6 Å². The number of nitrogens with zero attached hydrogens (tertiary/aromatic N) is 1. The van der Waals surface area contributed by atoms with E-state index in [9.17, 15) is 14.0 Å². The first-order valence-electron chi connectivity index (χ1n) is 8.94. The smallest absolute Gasteiger partial charge is 0.130 e. The van der Waals surface area contributed by atoms with Crippen LogP contribution in [0.2, 0.25) is 0 Å². The highest BCUT2D eigenvalue weighted by molar-refractivity contribution is 7.97. The molecule has 4 rings (SSSR count). The van der Waals surface area contributed by atoms with E-state index in [0.29, 0.717) is 5.56 Å². The first-order chi connectivity index (χ1) is 13.0. The summed E-state index contributed by atoms with van der Waals surface area (Å²) < 4.78 is 28.3. The molecular weight excluding hydrogens is 362 g/mol. The minimum Gasteiger partial charge on any atom is -0.361 e. The molecule has 0 amide bonds. The number of halogens is 2. The third kappa shape index (κ3) is 2.83. The molecule has 1 aliphatic rings. The molecule has 5 heteroatoms. The molecule has 1 heterocycles. The van der Waals surface area contributed by atoms with E-state index in [1.54, 1.807) is 11.8 Å². The van der Waals surface area contributed by atoms with Crippen LogP contribution in [0.1, 0.15) is 30.0 Å². The lowest BCUT2D eigenvalue weighted by Gasteiger charge is -2.31. The van der Waals surface area contributed by atoms with Crippen molar-refractivity contribution < 1.29 is 8.78 Å². The molecular formula is C22H20F2N2S. The SMILES string of the molecule is CSCc1cccc2c(C(C)(c3ccc(F)cc3F)C3CC3C#N)c[nH]c12. The molecule has 0 spiro atoms. The Morgan fingerprint density at radius 2 is 2.07 bits per heavy atom. The van der Waals surface area contributed by atoms with Crippen molar-refractivity contribution in [3.8, 4) is 6.07 Å². The zero-order valence-electron chi connectivity index (χ0n) is 15.2. The van der Waals surface area contributed by atoms with Gasteiger partial charge in [-0.15, -0.1) is 0 Å². The Morgan fingerprint density at radius 1 is 1.26 bits per heavy atom. The van der Waals surface area contributed by atoms with Crippen LogP contribution in [-0.2, 0) is 11.2 Å². The van der Waals surface area contributed by atoms with Gasteiger partial charge in [-0.25, -0.2) is 8.78 Å². The number of thioether (sulfide) groups is 1. The van der Waals surface area contributed by atoms with Crippen molar-refractivity contribution in [2.45, 2.75) is 24.5 Å². The minimum absolute atomic E-state index is 0.00525. The largest absolute Gasteiger partial charge is 0.361 e. The summed E-state index contributed by atoms with van der Waals surface area (Å²) in [5.41, 5.74) is 2.95. The lowest BCUT2D eigenvalue weighted by atomic mass is 9.71. The van der Waals surface area contributed by atoms with Crippen LogP contribution in [0.15, 0.2) is 42.6 Å². The van der Waals surface area contributed by atoms with Crippen LogP contribution in [0.3, 0.4) is 0 Å². The monoisotopic (exact) mass is 382 g/mol.